The summed E-state index contributed by atoms with van der Waals surface area (Å²) >= 11 is 0. The summed E-state index contributed by atoms with van der Waals surface area (Å²) in [5.74, 6) is 0.585. The van der Waals surface area contributed by atoms with E-state index >= 15 is 0 Å². The Morgan fingerprint density at radius 1 is 1.22 bits per heavy atom. The van der Waals surface area contributed by atoms with Gasteiger partial charge in [-0.2, -0.15) is 15.0 Å². The molecule has 0 aliphatic heterocycles. The molecule has 114 valence electrons. The molecule has 5 nitrogen and oxygen atoms in total. The van der Waals surface area contributed by atoms with E-state index in [4.69, 9.17) is 10.00 Å². The lowest BCUT2D eigenvalue weighted by atomic mass is 10.1. The van der Waals surface area contributed by atoms with Crippen molar-refractivity contribution in [2.24, 2.45) is 0 Å². The highest BCUT2D eigenvalue weighted by Gasteiger charge is 2.10. The van der Waals surface area contributed by atoms with Crippen LogP contribution in [0.15, 0.2) is 48.8 Å². The molecule has 0 bridgehead atoms. The Hall–Kier alpha value is -3.20. The molecule has 0 saturated heterocycles. The Labute approximate surface area is 132 Å². The fraction of sp³-hybridized carbons (Fsp3) is 0.118. The lowest BCUT2D eigenvalue weighted by molar-refractivity contribution is 0.279. The Balaban J connectivity index is 1.82. The Morgan fingerprint density at radius 3 is 2.87 bits per heavy atom. The summed E-state index contributed by atoms with van der Waals surface area (Å²) in [6.45, 7) is 1.91. The first-order valence-electron chi connectivity index (χ1n) is 6.96. The Morgan fingerprint density at radius 2 is 2.09 bits per heavy atom. The largest absolute Gasteiger partial charge is 0.473 e. The maximum Gasteiger partial charge on any atom is 0.218 e. The molecule has 0 aliphatic carbocycles. The summed E-state index contributed by atoms with van der Waals surface area (Å²) in [7, 11) is 0. The van der Waals surface area contributed by atoms with Gasteiger partial charge < -0.3 is 4.74 Å². The number of pyridine rings is 1. The van der Waals surface area contributed by atoms with E-state index in [-0.39, 0.29) is 12.4 Å². The van der Waals surface area contributed by atoms with Gasteiger partial charge in [-0.15, -0.1) is 0 Å². The van der Waals surface area contributed by atoms with Crippen molar-refractivity contribution in [3.8, 4) is 17.8 Å². The fourth-order valence-electron chi connectivity index (χ4n) is 2.10. The predicted octanol–water partition coefficient (Wildman–Crippen LogP) is 3.17. The molecule has 0 amide bonds. The summed E-state index contributed by atoms with van der Waals surface area (Å²) in [6.07, 6.45) is 3.08. The van der Waals surface area contributed by atoms with Crippen molar-refractivity contribution in [1.82, 2.24) is 14.8 Å². The maximum absolute atomic E-state index is 13.9. The van der Waals surface area contributed by atoms with Gasteiger partial charge in [0.25, 0.3) is 0 Å². The summed E-state index contributed by atoms with van der Waals surface area (Å²) in [6, 6.07) is 11.9. The van der Waals surface area contributed by atoms with Crippen LogP contribution in [0.2, 0.25) is 0 Å². The van der Waals surface area contributed by atoms with Crippen LogP contribution in [0.5, 0.6) is 5.88 Å². The van der Waals surface area contributed by atoms with E-state index in [9.17, 15) is 4.39 Å². The van der Waals surface area contributed by atoms with Gasteiger partial charge in [-0.1, -0.05) is 12.1 Å². The summed E-state index contributed by atoms with van der Waals surface area (Å²) in [5.41, 5.74) is 1.79. The van der Waals surface area contributed by atoms with Crippen molar-refractivity contribution in [2.75, 3.05) is 0 Å². The number of ether oxygens (including phenoxy) is 1. The molecule has 1 aromatic carbocycles. The SMILES string of the molecule is Cc1ccc(COc2ccnn2-c2cc(C#N)ccn2)c(F)c1. The molecular weight excluding hydrogens is 295 g/mol. The van der Waals surface area contributed by atoms with Crippen molar-refractivity contribution in [3.05, 3.63) is 71.3 Å². The molecule has 0 atom stereocenters. The molecule has 2 aromatic heterocycles. The number of nitrogens with zero attached hydrogens (tertiary/aromatic N) is 4. The third kappa shape index (κ3) is 3.19. The monoisotopic (exact) mass is 308 g/mol. The molecule has 0 saturated carbocycles. The molecule has 3 rings (SSSR count). The highest BCUT2D eigenvalue weighted by atomic mass is 19.1. The third-order valence-corrected chi connectivity index (χ3v) is 3.28. The van der Waals surface area contributed by atoms with Crippen LogP contribution in [0.3, 0.4) is 0 Å². The second kappa shape index (κ2) is 6.28. The first kappa shape index (κ1) is 14.7. The quantitative estimate of drug-likeness (QED) is 0.742. The number of nitriles is 1. The van der Waals surface area contributed by atoms with Crippen LogP contribution < -0.4 is 4.74 Å². The second-order valence-corrected chi connectivity index (χ2v) is 4.98. The number of rotatable bonds is 4. The second-order valence-electron chi connectivity index (χ2n) is 4.98. The van der Waals surface area contributed by atoms with Crippen molar-refractivity contribution in [2.45, 2.75) is 13.5 Å². The van der Waals surface area contributed by atoms with E-state index in [2.05, 4.69) is 10.1 Å². The number of aryl methyl sites for hydroxylation is 1. The molecule has 6 heteroatoms. The van der Waals surface area contributed by atoms with Gasteiger partial charge in [-0.05, 0) is 24.6 Å². The van der Waals surface area contributed by atoms with Crippen LogP contribution in [0.1, 0.15) is 16.7 Å². The van der Waals surface area contributed by atoms with Crippen LogP contribution in [0.25, 0.3) is 5.82 Å². The molecule has 0 aliphatic rings. The van der Waals surface area contributed by atoms with E-state index < -0.39 is 0 Å². The molecular formula is C17H13FN4O. The third-order valence-electron chi connectivity index (χ3n) is 3.28. The molecule has 0 N–H and O–H groups in total. The van der Waals surface area contributed by atoms with Crippen molar-refractivity contribution in [3.63, 3.8) is 0 Å². The van der Waals surface area contributed by atoms with Crippen molar-refractivity contribution >= 4 is 0 Å². The van der Waals surface area contributed by atoms with Gasteiger partial charge in [0.2, 0.25) is 5.88 Å². The highest BCUT2D eigenvalue weighted by molar-refractivity contribution is 5.37. The minimum Gasteiger partial charge on any atom is -0.473 e. The van der Waals surface area contributed by atoms with Gasteiger partial charge in [-0.25, -0.2) is 9.37 Å². The minimum absolute atomic E-state index is 0.0791. The fourth-order valence-corrected chi connectivity index (χ4v) is 2.10. The maximum atomic E-state index is 13.9. The van der Waals surface area contributed by atoms with Gasteiger partial charge in [-0.3, -0.25) is 0 Å². The van der Waals surface area contributed by atoms with E-state index in [1.54, 1.807) is 30.5 Å². The normalized spacial score (nSPS) is 10.3. The standard InChI is InChI=1S/C17H13FN4O/c1-12-2-3-14(15(18)8-12)11-23-17-5-7-21-22(17)16-9-13(10-19)4-6-20-16/h2-9H,11H2,1H3. The number of hydrogen-bond donors (Lipinski definition) is 0. The van der Waals surface area contributed by atoms with Crippen LogP contribution in [0, 0.1) is 24.1 Å². The van der Waals surface area contributed by atoms with E-state index in [1.165, 1.54) is 16.9 Å². The highest BCUT2D eigenvalue weighted by Crippen LogP contribution is 2.18. The predicted molar refractivity (Wildman–Crippen MR) is 81.5 cm³/mol. The average molecular weight is 308 g/mol. The van der Waals surface area contributed by atoms with Crippen LogP contribution in [-0.4, -0.2) is 14.8 Å². The number of halogens is 1. The van der Waals surface area contributed by atoms with Gasteiger partial charge in [0.15, 0.2) is 5.82 Å². The molecule has 3 aromatic rings. The smallest absolute Gasteiger partial charge is 0.218 e. The first-order chi connectivity index (χ1) is 11.2. The summed E-state index contributed by atoms with van der Waals surface area (Å²) in [4.78, 5) is 4.17. The topological polar surface area (TPSA) is 63.7 Å². The van der Waals surface area contributed by atoms with Gasteiger partial charge >= 0.3 is 0 Å². The average Bonchev–Trinajstić information content (AvgIpc) is 3.02. The molecule has 2 heterocycles. The van der Waals surface area contributed by atoms with Crippen LogP contribution in [-0.2, 0) is 6.61 Å². The molecule has 23 heavy (non-hydrogen) atoms. The first-order valence-corrected chi connectivity index (χ1v) is 6.96. The summed E-state index contributed by atoms with van der Waals surface area (Å²) < 4.78 is 21.0. The zero-order valence-electron chi connectivity index (χ0n) is 12.4. The van der Waals surface area contributed by atoms with E-state index in [0.717, 1.165) is 5.56 Å². The van der Waals surface area contributed by atoms with Gasteiger partial charge in [0.05, 0.1) is 17.8 Å². The number of hydrogen-bond acceptors (Lipinski definition) is 4. The van der Waals surface area contributed by atoms with Crippen LogP contribution >= 0.6 is 0 Å². The number of benzene rings is 1. The summed E-state index contributed by atoms with van der Waals surface area (Å²) in [5, 5.41) is 13.1. The van der Waals surface area contributed by atoms with Gasteiger partial charge in [0, 0.05) is 23.9 Å². The minimum atomic E-state index is -0.305. The van der Waals surface area contributed by atoms with Gasteiger partial charge in [0.1, 0.15) is 12.4 Å². The Kier molecular flexibility index (Phi) is 4.02. The van der Waals surface area contributed by atoms with Crippen molar-refractivity contribution in [1.29, 1.82) is 5.26 Å². The lowest BCUT2D eigenvalue weighted by Crippen LogP contribution is -2.06. The molecule has 0 fully saturated rings. The number of aromatic nitrogens is 3. The van der Waals surface area contributed by atoms with E-state index in [1.807, 2.05) is 19.1 Å². The molecule has 0 unspecified atom stereocenters. The Bertz CT molecular complexity index is 882. The zero-order chi connectivity index (χ0) is 16.2. The molecule has 0 radical (unpaired) electrons. The molecule has 0 spiro atoms. The zero-order valence-corrected chi connectivity index (χ0v) is 12.4. The lowest BCUT2D eigenvalue weighted by Gasteiger charge is -2.09. The van der Waals surface area contributed by atoms with E-state index in [0.29, 0.717) is 22.8 Å². The van der Waals surface area contributed by atoms with Crippen LogP contribution in [0.4, 0.5) is 4.39 Å². The van der Waals surface area contributed by atoms with Crippen molar-refractivity contribution < 1.29 is 9.13 Å².